The van der Waals surface area contributed by atoms with E-state index in [1.807, 2.05) is 26.0 Å². The molecule has 0 radical (unpaired) electrons. The van der Waals surface area contributed by atoms with Crippen molar-refractivity contribution in [3.8, 4) is 22.6 Å². The lowest BCUT2D eigenvalue weighted by Gasteiger charge is -2.11. The molecule has 5 heteroatoms. The van der Waals surface area contributed by atoms with Crippen LogP contribution in [0.2, 0.25) is 0 Å². The van der Waals surface area contributed by atoms with Crippen molar-refractivity contribution in [2.45, 2.75) is 13.8 Å². The van der Waals surface area contributed by atoms with E-state index in [9.17, 15) is 9.46 Å². The summed E-state index contributed by atoms with van der Waals surface area (Å²) in [5.74, 6) is 0.748. The number of benzene rings is 2. The Bertz CT molecular complexity index is 651. The van der Waals surface area contributed by atoms with Crippen LogP contribution in [0, 0.1) is 13.8 Å². The van der Waals surface area contributed by atoms with Crippen molar-refractivity contribution < 1.29 is 18.5 Å². The Kier molecular flexibility index (Phi) is 2.66. The zero-order chi connectivity index (χ0) is 13.6. The van der Waals surface area contributed by atoms with Crippen LogP contribution in [-0.2, 0) is 4.57 Å². The van der Waals surface area contributed by atoms with E-state index in [1.54, 1.807) is 24.3 Å². The average molecular weight is 276 g/mol. The van der Waals surface area contributed by atoms with Crippen LogP contribution in [0.5, 0.6) is 11.5 Å². The second-order valence-electron chi connectivity index (χ2n) is 4.55. The molecule has 0 aromatic heterocycles. The normalized spacial score (nSPS) is 15.5. The molecular formula is C14H13O4P. The van der Waals surface area contributed by atoms with Gasteiger partial charge in [0.25, 0.3) is 0 Å². The van der Waals surface area contributed by atoms with Crippen molar-refractivity contribution >= 4 is 7.82 Å². The highest BCUT2D eigenvalue weighted by atomic mass is 31.2. The lowest BCUT2D eigenvalue weighted by molar-refractivity contribution is 0.294. The van der Waals surface area contributed by atoms with Gasteiger partial charge < -0.3 is 9.05 Å². The van der Waals surface area contributed by atoms with E-state index in [4.69, 9.17) is 9.05 Å². The van der Waals surface area contributed by atoms with Gasteiger partial charge in [-0.1, -0.05) is 24.3 Å². The summed E-state index contributed by atoms with van der Waals surface area (Å²) in [6.07, 6.45) is 0. The van der Waals surface area contributed by atoms with Crippen LogP contribution >= 0.6 is 7.82 Å². The molecule has 98 valence electrons. The quantitative estimate of drug-likeness (QED) is 0.743. The SMILES string of the molecule is Cc1cccc2c1-c1c(C)cccc1OP(=O)(O)O2. The number of rotatable bonds is 0. The van der Waals surface area contributed by atoms with E-state index in [1.165, 1.54) is 0 Å². The largest absolute Gasteiger partial charge is 0.584 e. The summed E-state index contributed by atoms with van der Waals surface area (Å²) < 4.78 is 22.2. The first-order valence-corrected chi connectivity index (χ1v) is 7.39. The fraction of sp³-hybridized carbons (Fsp3) is 0.143. The molecule has 2 aromatic rings. The summed E-state index contributed by atoms with van der Waals surface area (Å²) in [7, 11) is -4.13. The molecule has 0 amide bonds. The third-order valence-corrected chi connectivity index (χ3v) is 4.00. The van der Waals surface area contributed by atoms with Gasteiger partial charge in [0.05, 0.1) is 0 Å². The smallest absolute Gasteiger partial charge is 0.395 e. The van der Waals surface area contributed by atoms with E-state index < -0.39 is 7.82 Å². The Balaban J connectivity index is 2.42. The molecule has 3 rings (SSSR count). The van der Waals surface area contributed by atoms with Gasteiger partial charge in [-0.05, 0) is 37.1 Å². The summed E-state index contributed by atoms with van der Waals surface area (Å²) in [4.78, 5) is 9.74. The minimum absolute atomic E-state index is 0.374. The highest BCUT2D eigenvalue weighted by molar-refractivity contribution is 7.48. The molecule has 0 aliphatic carbocycles. The number of hydrogen-bond acceptors (Lipinski definition) is 3. The van der Waals surface area contributed by atoms with Crippen molar-refractivity contribution in [2.75, 3.05) is 0 Å². The van der Waals surface area contributed by atoms with Gasteiger partial charge in [0, 0.05) is 11.1 Å². The van der Waals surface area contributed by atoms with Gasteiger partial charge in [0.2, 0.25) is 0 Å². The molecule has 2 aromatic carbocycles. The third kappa shape index (κ3) is 2.03. The van der Waals surface area contributed by atoms with Gasteiger partial charge in [-0.25, -0.2) is 4.57 Å². The third-order valence-electron chi connectivity index (χ3n) is 3.15. The molecule has 19 heavy (non-hydrogen) atoms. The molecule has 4 nitrogen and oxygen atoms in total. The van der Waals surface area contributed by atoms with Gasteiger partial charge in [-0.2, -0.15) is 0 Å². The fourth-order valence-electron chi connectivity index (χ4n) is 2.34. The molecule has 0 fully saturated rings. The molecule has 1 N–H and O–H groups in total. The highest BCUT2D eigenvalue weighted by Crippen LogP contribution is 2.54. The average Bonchev–Trinajstić information content (AvgIpc) is 2.42. The van der Waals surface area contributed by atoms with Crippen molar-refractivity contribution in [1.82, 2.24) is 0 Å². The Labute approximate surface area is 111 Å². The van der Waals surface area contributed by atoms with Crippen LogP contribution in [0.15, 0.2) is 36.4 Å². The predicted molar refractivity (Wildman–Crippen MR) is 72.4 cm³/mol. The molecule has 1 aliphatic rings. The second kappa shape index (κ2) is 4.12. The number of fused-ring (bicyclic) bond motifs is 3. The van der Waals surface area contributed by atoms with Gasteiger partial charge in [0.15, 0.2) is 0 Å². The van der Waals surface area contributed by atoms with Crippen molar-refractivity contribution in [3.05, 3.63) is 47.5 Å². The fourth-order valence-corrected chi connectivity index (χ4v) is 3.18. The predicted octanol–water partition coefficient (Wildman–Crippen LogP) is 3.84. The maximum absolute atomic E-state index is 11.9. The lowest BCUT2D eigenvalue weighted by Crippen LogP contribution is -1.97. The molecule has 0 bridgehead atoms. The summed E-state index contributed by atoms with van der Waals surface area (Å²) >= 11 is 0. The summed E-state index contributed by atoms with van der Waals surface area (Å²) in [5.41, 5.74) is 3.56. The first-order valence-electron chi connectivity index (χ1n) is 5.89. The van der Waals surface area contributed by atoms with Crippen LogP contribution < -0.4 is 9.05 Å². The molecule has 0 saturated heterocycles. The minimum Gasteiger partial charge on any atom is -0.395 e. The summed E-state index contributed by atoms with van der Waals surface area (Å²) in [6, 6.07) is 10.8. The van der Waals surface area contributed by atoms with Crippen molar-refractivity contribution in [1.29, 1.82) is 0 Å². The maximum atomic E-state index is 11.9. The van der Waals surface area contributed by atoms with E-state index in [-0.39, 0.29) is 0 Å². The number of aryl methyl sites for hydroxylation is 2. The summed E-state index contributed by atoms with van der Waals surface area (Å²) in [5, 5.41) is 0. The second-order valence-corrected chi connectivity index (χ2v) is 5.85. The zero-order valence-electron chi connectivity index (χ0n) is 10.6. The lowest BCUT2D eigenvalue weighted by atomic mass is 9.95. The van der Waals surface area contributed by atoms with Crippen molar-refractivity contribution in [2.24, 2.45) is 0 Å². The monoisotopic (exact) mass is 276 g/mol. The Morgan fingerprint density at radius 1 is 0.895 bits per heavy atom. The molecule has 0 atom stereocenters. The van der Waals surface area contributed by atoms with E-state index in [0.29, 0.717) is 11.5 Å². The van der Waals surface area contributed by atoms with Gasteiger partial charge >= 0.3 is 7.82 Å². The Morgan fingerprint density at radius 3 is 1.74 bits per heavy atom. The standard InChI is InChI=1S/C14H13O4P/c1-9-5-3-7-11-13(9)14-10(2)6-4-8-12(14)18-19(15,16)17-11/h3-8H,1-2H3,(H,15,16). The molecule has 1 heterocycles. The van der Waals surface area contributed by atoms with Gasteiger partial charge in [0.1, 0.15) is 11.5 Å². The Morgan fingerprint density at radius 2 is 1.32 bits per heavy atom. The number of hydrogen-bond donors (Lipinski definition) is 1. The first kappa shape index (κ1) is 12.3. The van der Waals surface area contributed by atoms with E-state index in [0.717, 1.165) is 22.3 Å². The van der Waals surface area contributed by atoms with E-state index >= 15 is 0 Å². The zero-order valence-corrected chi connectivity index (χ0v) is 11.5. The van der Waals surface area contributed by atoms with E-state index in [2.05, 4.69) is 0 Å². The maximum Gasteiger partial charge on any atom is 0.584 e. The number of phosphoric acid groups is 1. The van der Waals surface area contributed by atoms with Crippen LogP contribution in [0.25, 0.3) is 11.1 Å². The first-order chi connectivity index (χ1) is 8.98. The Hall–Kier alpha value is -1.77. The molecule has 0 saturated carbocycles. The van der Waals surface area contributed by atoms with Crippen LogP contribution in [0.4, 0.5) is 0 Å². The van der Waals surface area contributed by atoms with Crippen LogP contribution in [0.1, 0.15) is 11.1 Å². The van der Waals surface area contributed by atoms with Crippen molar-refractivity contribution in [3.63, 3.8) is 0 Å². The molecular weight excluding hydrogens is 263 g/mol. The van der Waals surface area contributed by atoms with Crippen LogP contribution in [-0.4, -0.2) is 4.89 Å². The summed E-state index contributed by atoms with van der Waals surface area (Å²) in [6.45, 7) is 3.87. The van der Waals surface area contributed by atoms with Crippen LogP contribution in [0.3, 0.4) is 0 Å². The molecule has 1 aliphatic heterocycles. The molecule has 0 unspecified atom stereocenters. The molecule has 0 spiro atoms. The topological polar surface area (TPSA) is 55.8 Å². The highest BCUT2D eigenvalue weighted by Gasteiger charge is 2.33. The van der Waals surface area contributed by atoms with Gasteiger partial charge in [-0.3, -0.25) is 4.89 Å². The minimum atomic E-state index is -4.13. The van der Waals surface area contributed by atoms with Gasteiger partial charge in [-0.15, -0.1) is 0 Å². The number of phosphoric ester groups is 1.